The van der Waals surface area contributed by atoms with Gasteiger partial charge < -0.3 is 26.3 Å². The molecule has 6 nitrogen and oxygen atoms in total. The highest BCUT2D eigenvalue weighted by Crippen LogP contribution is 2.31. The topological polar surface area (TPSA) is 111 Å². The van der Waals surface area contributed by atoms with Crippen molar-refractivity contribution in [2.24, 2.45) is 5.92 Å². The number of nitrogens with one attached hydrogen (secondary N) is 1. The average Bonchev–Trinajstić information content (AvgIpc) is 2.69. The lowest BCUT2D eigenvalue weighted by molar-refractivity contribution is -0.0289. The molecule has 2 aliphatic rings. The normalized spacial score (nSPS) is 20.6. The number of pyridine rings is 1. The molecule has 1 aromatic heterocycles. The van der Waals surface area contributed by atoms with Crippen LogP contribution in [0.25, 0.3) is 0 Å². The summed E-state index contributed by atoms with van der Waals surface area (Å²) in [6.07, 6.45) is 12.9. The van der Waals surface area contributed by atoms with Gasteiger partial charge in [0.1, 0.15) is 5.60 Å². The molecule has 0 amide bonds. The molecule has 7 heteroatoms. The summed E-state index contributed by atoms with van der Waals surface area (Å²) in [5.74, 6) is 0.709. The molecule has 168 valence electrons. The van der Waals surface area contributed by atoms with Gasteiger partial charge in [0, 0.05) is 38.9 Å². The van der Waals surface area contributed by atoms with Crippen LogP contribution in [0.1, 0.15) is 58.1 Å². The highest BCUT2D eigenvalue weighted by Gasteiger charge is 2.34. The Kier molecular flexibility index (Phi) is 14.4. The van der Waals surface area contributed by atoms with E-state index in [1.165, 1.54) is 25.7 Å². The van der Waals surface area contributed by atoms with E-state index >= 15 is 0 Å². The van der Waals surface area contributed by atoms with E-state index in [1.807, 2.05) is 6.07 Å². The van der Waals surface area contributed by atoms with Gasteiger partial charge in [-0.25, -0.2) is 0 Å². The van der Waals surface area contributed by atoms with Gasteiger partial charge in [0.15, 0.2) is 0 Å². The largest absolute Gasteiger partial charge is 0.412 e. The molecule has 1 aromatic rings. The van der Waals surface area contributed by atoms with Gasteiger partial charge >= 0.3 is 0 Å². The molecule has 0 spiro atoms. The molecule has 1 saturated heterocycles. The van der Waals surface area contributed by atoms with Crippen LogP contribution in [0.5, 0.6) is 0 Å². The number of rotatable bonds is 6. The zero-order valence-corrected chi connectivity index (χ0v) is 18.7. The number of likely N-dealkylation sites (tertiary alicyclic amines) is 1. The molecule has 29 heavy (non-hydrogen) atoms. The summed E-state index contributed by atoms with van der Waals surface area (Å²) in [6, 6.07) is 3.65. The van der Waals surface area contributed by atoms with Crippen LogP contribution >= 0.6 is 11.6 Å². The predicted molar refractivity (Wildman–Crippen MR) is 121 cm³/mol. The fourth-order valence-electron chi connectivity index (χ4n) is 3.63. The van der Waals surface area contributed by atoms with Gasteiger partial charge in [-0.05, 0) is 50.2 Å². The molecule has 0 aromatic carbocycles. The third-order valence-electron chi connectivity index (χ3n) is 5.25. The molecule has 6 N–H and O–H groups in total. The van der Waals surface area contributed by atoms with Gasteiger partial charge in [-0.15, -0.1) is 0 Å². The van der Waals surface area contributed by atoms with E-state index in [2.05, 4.69) is 41.2 Å². The third-order valence-corrected chi connectivity index (χ3v) is 5.48. The number of hydrogen-bond acceptors (Lipinski definition) is 4. The highest BCUT2D eigenvalue weighted by atomic mass is 35.5. The molecule has 1 atom stereocenters. The standard InChI is InChI=1S/C19H28ClN3O.C3H8.2H2O/c20-17-6-7-18(22-15-17)19(24)8-11-23(12-9-19)13-10-21-14-16-4-2-1-3-5-16;1-3-2;;/h2,4,6-7,15-16,21,24H,1,3,5,8-14H2;3H2,1-2H3;2*1H2. The van der Waals surface area contributed by atoms with Crippen LogP contribution in [0.3, 0.4) is 0 Å². The minimum absolute atomic E-state index is 0. The molecule has 1 unspecified atom stereocenters. The Balaban J connectivity index is 0.00000148. The van der Waals surface area contributed by atoms with Gasteiger partial charge in [0.2, 0.25) is 0 Å². The molecule has 0 bridgehead atoms. The summed E-state index contributed by atoms with van der Waals surface area (Å²) in [5, 5.41) is 15.0. The van der Waals surface area contributed by atoms with Crippen LogP contribution in [-0.4, -0.2) is 58.7 Å². The molecule has 2 heterocycles. The summed E-state index contributed by atoms with van der Waals surface area (Å²) in [6.45, 7) is 9.21. The van der Waals surface area contributed by atoms with Gasteiger partial charge in [0.05, 0.1) is 10.7 Å². The first-order valence-electron chi connectivity index (χ1n) is 10.5. The van der Waals surface area contributed by atoms with Crippen molar-refractivity contribution in [3.8, 4) is 0 Å². The van der Waals surface area contributed by atoms with Crippen LogP contribution in [-0.2, 0) is 5.60 Å². The first kappa shape index (κ1) is 28.0. The van der Waals surface area contributed by atoms with E-state index in [-0.39, 0.29) is 11.0 Å². The van der Waals surface area contributed by atoms with Crippen molar-refractivity contribution in [2.75, 3.05) is 32.7 Å². The Hall–Kier alpha value is -1.02. The summed E-state index contributed by atoms with van der Waals surface area (Å²) < 4.78 is 0. The van der Waals surface area contributed by atoms with Crippen molar-refractivity contribution >= 4 is 11.6 Å². The monoisotopic (exact) mass is 429 g/mol. The maximum atomic E-state index is 10.8. The summed E-state index contributed by atoms with van der Waals surface area (Å²) in [5.41, 5.74) is -0.0599. The number of piperidine rings is 1. The van der Waals surface area contributed by atoms with E-state index in [9.17, 15) is 5.11 Å². The van der Waals surface area contributed by atoms with Crippen LogP contribution in [0.15, 0.2) is 30.5 Å². The van der Waals surface area contributed by atoms with Crippen LogP contribution in [0.2, 0.25) is 5.02 Å². The molecule has 3 rings (SSSR count). The second-order valence-corrected chi connectivity index (χ2v) is 8.20. The Morgan fingerprint density at radius 1 is 1.24 bits per heavy atom. The minimum atomic E-state index is -0.804. The minimum Gasteiger partial charge on any atom is -0.412 e. The molecule has 1 aliphatic carbocycles. The van der Waals surface area contributed by atoms with Crippen molar-refractivity contribution in [2.45, 2.75) is 58.0 Å². The van der Waals surface area contributed by atoms with Crippen molar-refractivity contribution < 1.29 is 16.1 Å². The second kappa shape index (κ2) is 14.9. The SMILES string of the molecule is CCC.O.O.OC1(c2ccc(Cl)cn2)CCN(CCNCC2C=CCCC2)CC1. The number of hydrogen-bond donors (Lipinski definition) is 2. The van der Waals surface area contributed by atoms with E-state index in [1.54, 1.807) is 12.3 Å². The van der Waals surface area contributed by atoms with E-state index in [4.69, 9.17) is 11.6 Å². The molecule has 1 aliphatic heterocycles. The van der Waals surface area contributed by atoms with E-state index in [0.717, 1.165) is 51.3 Å². The number of aromatic nitrogens is 1. The number of halogens is 1. The second-order valence-electron chi connectivity index (χ2n) is 7.77. The van der Waals surface area contributed by atoms with E-state index in [0.29, 0.717) is 10.9 Å². The van der Waals surface area contributed by atoms with Crippen molar-refractivity contribution in [3.63, 3.8) is 0 Å². The fourth-order valence-corrected chi connectivity index (χ4v) is 3.74. The lowest BCUT2D eigenvalue weighted by Crippen LogP contribution is -2.45. The Labute approximate surface area is 181 Å². The highest BCUT2D eigenvalue weighted by molar-refractivity contribution is 6.30. The Bertz CT molecular complexity index is 561. The molecular weight excluding hydrogens is 390 g/mol. The summed E-state index contributed by atoms with van der Waals surface area (Å²) in [4.78, 5) is 6.73. The zero-order chi connectivity index (χ0) is 19.5. The lowest BCUT2D eigenvalue weighted by atomic mass is 9.88. The fraction of sp³-hybridized carbons (Fsp3) is 0.682. The van der Waals surface area contributed by atoms with Gasteiger partial charge in [-0.2, -0.15) is 0 Å². The van der Waals surface area contributed by atoms with Gasteiger partial charge in [-0.1, -0.05) is 44.0 Å². The lowest BCUT2D eigenvalue weighted by Gasteiger charge is -2.37. The van der Waals surface area contributed by atoms with Crippen molar-refractivity contribution in [1.82, 2.24) is 15.2 Å². The first-order valence-corrected chi connectivity index (χ1v) is 10.9. The molecular formula is C22H40ClN3O3. The first-order chi connectivity index (χ1) is 13.1. The maximum absolute atomic E-state index is 10.8. The summed E-state index contributed by atoms with van der Waals surface area (Å²) >= 11 is 5.88. The quantitative estimate of drug-likeness (QED) is 0.534. The predicted octanol–water partition coefficient (Wildman–Crippen LogP) is 2.73. The van der Waals surface area contributed by atoms with Gasteiger partial charge in [-0.3, -0.25) is 4.98 Å². The number of nitrogens with zero attached hydrogens (tertiary/aromatic N) is 2. The zero-order valence-electron chi connectivity index (χ0n) is 18.0. The third kappa shape index (κ3) is 9.55. The van der Waals surface area contributed by atoms with Crippen LogP contribution in [0, 0.1) is 5.92 Å². The van der Waals surface area contributed by atoms with Crippen LogP contribution < -0.4 is 5.32 Å². The molecule has 0 radical (unpaired) electrons. The summed E-state index contributed by atoms with van der Waals surface area (Å²) in [7, 11) is 0. The van der Waals surface area contributed by atoms with E-state index < -0.39 is 5.60 Å². The molecule has 1 fully saturated rings. The van der Waals surface area contributed by atoms with Crippen LogP contribution in [0.4, 0.5) is 0 Å². The number of aliphatic hydroxyl groups is 1. The number of allylic oxidation sites excluding steroid dienone is 1. The van der Waals surface area contributed by atoms with Gasteiger partial charge in [0.25, 0.3) is 0 Å². The Morgan fingerprint density at radius 2 is 1.93 bits per heavy atom. The smallest absolute Gasteiger partial charge is 0.109 e. The average molecular weight is 430 g/mol. The maximum Gasteiger partial charge on any atom is 0.109 e. The van der Waals surface area contributed by atoms with Crippen molar-refractivity contribution in [3.05, 3.63) is 41.2 Å². The van der Waals surface area contributed by atoms with Crippen molar-refractivity contribution in [1.29, 1.82) is 0 Å². The Morgan fingerprint density at radius 3 is 2.48 bits per heavy atom. The molecule has 0 saturated carbocycles.